The highest BCUT2D eigenvalue weighted by molar-refractivity contribution is 5.98. The smallest absolute Gasteiger partial charge is 0.326 e. The summed E-state index contributed by atoms with van der Waals surface area (Å²) in [5.41, 5.74) is 11.7. The van der Waals surface area contributed by atoms with E-state index in [1.54, 1.807) is 11.9 Å². The molecule has 1 aliphatic rings. The van der Waals surface area contributed by atoms with E-state index in [9.17, 15) is 58.8 Å². The van der Waals surface area contributed by atoms with Crippen LogP contribution in [-0.2, 0) is 25.7 Å². The van der Waals surface area contributed by atoms with Gasteiger partial charge in [0.05, 0.1) is 36.8 Å². The molecule has 0 saturated heterocycles. The molecule has 65 heavy (non-hydrogen) atoms. The number of aromatic nitrogens is 6. The number of nitrogens with two attached hydrogens (primary N) is 2. The van der Waals surface area contributed by atoms with Crippen LogP contribution < -0.4 is 54.1 Å². The second kappa shape index (κ2) is 19.5. The number of aliphatic carboxylic acids is 4. The van der Waals surface area contributed by atoms with Gasteiger partial charge in [-0.1, -0.05) is 0 Å². The van der Waals surface area contributed by atoms with Gasteiger partial charge < -0.3 is 63.4 Å². The lowest BCUT2D eigenvalue weighted by Gasteiger charge is -2.35. The van der Waals surface area contributed by atoms with Crippen LogP contribution in [-0.4, -0.2) is 124 Å². The first-order chi connectivity index (χ1) is 30.9. The number of carbonyl (C=O) groups excluding carboxylic acids is 2. The van der Waals surface area contributed by atoms with Crippen molar-refractivity contribution in [1.82, 2.24) is 40.5 Å². The Kier molecular flexibility index (Phi) is 13.7. The third-order valence-electron chi connectivity index (χ3n) is 10.4. The molecule has 5 aromatic rings. The molecule has 5 atom stereocenters. The standard InChI is InChI=1S/C39H42N14O12/c1-53-21(15-45-30-28(53)34(59)52-39(41)50-30)14-43-19-8-2-16(3-9-19)31(56)47-24(36(62)63)10-23(35(60)61)22(11-25(54)55)26(37(64)65)48-32(57)17-4-6-18(7-5-17)42-12-20-13-44-29-27(46-20)33(58)51-38(40)49-29/h2-9,13,21-24,26,42-43H,10-12,14-15H2,1H3,(H,47,56)(H,48,57)(H,54,55)(H,60,61)(H,62,63)(H,64,65)(H3,40,44,49,51,58)(H4,41,45,50,52,59). The zero-order chi connectivity index (χ0) is 47.1. The van der Waals surface area contributed by atoms with Gasteiger partial charge in [-0.05, 0) is 55.0 Å². The number of likely N-dealkylation sites (N-methyl/N-ethyl adjacent to an activating group) is 1. The number of nitrogens with one attached hydrogen (secondary N) is 7. The molecule has 15 N–H and O–H groups in total. The van der Waals surface area contributed by atoms with Gasteiger partial charge in [0.25, 0.3) is 22.9 Å². The van der Waals surface area contributed by atoms with E-state index in [1.165, 1.54) is 54.7 Å². The average molecular weight is 899 g/mol. The van der Waals surface area contributed by atoms with Crippen molar-refractivity contribution in [1.29, 1.82) is 0 Å². The van der Waals surface area contributed by atoms with Crippen molar-refractivity contribution in [3.05, 3.63) is 92.3 Å². The number of H-pyrrole nitrogens is 2. The number of amides is 2. The topological polar surface area (TPSA) is 416 Å². The molecule has 5 unspecified atom stereocenters. The Morgan fingerprint density at radius 3 is 1.98 bits per heavy atom. The van der Waals surface area contributed by atoms with Crippen molar-refractivity contribution in [2.24, 2.45) is 11.8 Å². The summed E-state index contributed by atoms with van der Waals surface area (Å²) >= 11 is 0. The number of nitrogen functional groups attached to an aromatic ring is 2. The molecular formula is C39H42N14O12. The molecule has 0 saturated carbocycles. The molecule has 0 bridgehead atoms. The summed E-state index contributed by atoms with van der Waals surface area (Å²) < 4.78 is 0. The summed E-state index contributed by atoms with van der Waals surface area (Å²) in [6, 6.07) is 6.94. The van der Waals surface area contributed by atoms with Gasteiger partial charge in [0.1, 0.15) is 17.8 Å². The Hall–Kier alpha value is -8.84. The number of nitrogens with zero attached hydrogens (tertiary/aromatic N) is 5. The van der Waals surface area contributed by atoms with Gasteiger partial charge in [-0.15, -0.1) is 0 Å². The summed E-state index contributed by atoms with van der Waals surface area (Å²) in [6.07, 6.45) is -0.721. The van der Waals surface area contributed by atoms with Gasteiger partial charge in [-0.3, -0.25) is 38.7 Å². The van der Waals surface area contributed by atoms with Crippen LogP contribution in [0.2, 0.25) is 0 Å². The maximum atomic E-state index is 13.3. The van der Waals surface area contributed by atoms with Gasteiger partial charge in [-0.2, -0.15) is 9.97 Å². The lowest BCUT2D eigenvalue weighted by Crippen LogP contribution is -2.52. The predicted molar refractivity (Wildman–Crippen MR) is 230 cm³/mol. The molecule has 0 fully saturated rings. The number of fused-ring (bicyclic) bond motifs is 2. The molecule has 0 radical (unpaired) electrons. The van der Waals surface area contributed by atoms with Crippen LogP contribution in [0.1, 0.15) is 39.3 Å². The summed E-state index contributed by atoms with van der Waals surface area (Å²) in [4.78, 5) is 124. The molecule has 26 nitrogen and oxygen atoms in total. The molecule has 4 heterocycles. The molecule has 0 aliphatic carbocycles. The number of hydrogen-bond acceptors (Lipinski definition) is 18. The Balaban J connectivity index is 1.09. The Bertz CT molecular complexity index is 2770. The number of aromatic amines is 2. The first-order valence-corrected chi connectivity index (χ1v) is 19.5. The molecule has 2 aromatic carbocycles. The van der Waals surface area contributed by atoms with E-state index in [4.69, 9.17) is 11.5 Å². The molecule has 26 heteroatoms. The minimum Gasteiger partial charge on any atom is -0.481 e. The van der Waals surface area contributed by atoms with Crippen molar-refractivity contribution < 1.29 is 49.2 Å². The molecule has 3 aromatic heterocycles. The van der Waals surface area contributed by atoms with Crippen LogP contribution in [0.25, 0.3) is 11.2 Å². The fraction of sp³-hybridized carbons (Fsp3) is 0.282. The number of carbonyl (C=O) groups is 6. The molecule has 2 amide bonds. The van der Waals surface area contributed by atoms with Gasteiger partial charge in [0.15, 0.2) is 17.0 Å². The van der Waals surface area contributed by atoms with Crippen LogP contribution in [0.3, 0.4) is 0 Å². The zero-order valence-corrected chi connectivity index (χ0v) is 34.1. The van der Waals surface area contributed by atoms with Crippen LogP contribution in [0.5, 0.6) is 0 Å². The van der Waals surface area contributed by atoms with Crippen molar-refractivity contribution >= 4 is 81.6 Å². The number of hydrogen-bond donors (Lipinski definition) is 13. The molecule has 6 rings (SSSR count). The van der Waals surface area contributed by atoms with E-state index in [1.807, 2.05) is 0 Å². The SMILES string of the molecule is CN1c2c(nc(N)[nH]c2=O)NCC1CNc1ccc(C(=O)NC(CC(C(=O)O)C(CC(=O)O)C(NC(=O)c2ccc(NCc3cnc4nc(N)[nH]c(=O)c4n3)cc2)C(=O)O)C(=O)O)cc1. The highest BCUT2D eigenvalue weighted by atomic mass is 16.4. The number of anilines is 6. The lowest BCUT2D eigenvalue weighted by molar-refractivity contribution is -0.150. The van der Waals surface area contributed by atoms with Gasteiger partial charge in [0, 0.05) is 48.6 Å². The molecule has 340 valence electrons. The van der Waals surface area contributed by atoms with Crippen molar-refractivity contribution in [3.63, 3.8) is 0 Å². The third kappa shape index (κ3) is 11.0. The van der Waals surface area contributed by atoms with Crippen molar-refractivity contribution in [2.45, 2.75) is 37.5 Å². The largest absolute Gasteiger partial charge is 0.481 e. The minimum atomic E-state index is -2.16. The maximum absolute atomic E-state index is 13.3. The summed E-state index contributed by atoms with van der Waals surface area (Å²) in [5.74, 6) is -12.7. The first kappa shape index (κ1) is 45.7. The van der Waals surface area contributed by atoms with Crippen LogP contribution >= 0.6 is 0 Å². The van der Waals surface area contributed by atoms with E-state index >= 15 is 0 Å². The first-order valence-electron chi connectivity index (χ1n) is 19.5. The highest BCUT2D eigenvalue weighted by Gasteiger charge is 2.43. The number of carboxylic acid groups (broad SMARTS) is 4. The monoisotopic (exact) mass is 898 g/mol. The van der Waals surface area contributed by atoms with Gasteiger partial charge in [0.2, 0.25) is 11.9 Å². The summed E-state index contributed by atoms with van der Waals surface area (Å²) in [5, 5.41) is 53.9. The summed E-state index contributed by atoms with van der Waals surface area (Å²) in [7, 11) is 1.72. The van der Waals surface area contributed by atoms with E-state index < -0.39 is 83.6 Å². The fourth-order valence-electron chi connectivity index (χ4n) is 7.09. The minimum absolute atomic E-state index is 0.0314. The van der Waals surface area contributed by atoms with Gasteiger partial charge >= 0.3 is 23.9 Å². The number of rotatable bonds is 19. The van der Waals surface area contributed by atoms with E-state index in [2.05, 4.69) is 56.5 Å². The van der Waals surface area contributed by atoms with Gasteiger partial charge in [-0.25, -0.2) is 19.6 Å². The molecular weight excluding hydrogens is 857 g/mol. The Morgan fingerprint density at radius 2 is 1.38 bits per heavy atom. The second-order valence-electron chi connectivity index (χ2n) is 14.8. The van der Waals surface area contributed by atoms with E-state index in [-0.39, 0.29) is 46.8 Å². The summed E-state index contributed by atoms with van der Waals surface area (Å²) in [6.45, 7) is 0.816. The Morgan fingerprint density at radius 1 is 0.785 bits per heavy atom. The number of carboxylic acids is 4. The predicted octanol–water partition coefficient (Wildman–Crippen LogP) is -0.837. The normalized spacial score (nSPS) is 15.0. The van der Waals surface area contributed by atoms with E-state index in [0.717, 1.165) is 0 Å². The number of benzene rings is 2. The molecule has 0 spiro atoms. The maximum Gasteiger partial charge on any atom is 0.326 e. The fourth-order valence-corrected chi connectivity index (χ4v) is 7.09. The van der Waals surface area contributed by atoms with Crippen molar-refractivity contribution in [3.8, 4) is 0 Å². The van der Waals surface area contributed by atoms with E-state index in [0.29, 0.717) is 41.7 Å². The third-order valence-corrected chi connectivity index (χ3v) is 10.4. The van der Waals surface area contributed by atoms with Crippen LogP contribution in [0, 0.1) is 11.8 Å². The Labute approximate surface area is 364 Å². The second-order valence-corrected chi connectivity index (χ2v) is 14.8. The molecule has 1 aliphatic heterocycles. The lowest BCUT2D eigenvalue weighted by atomic mass is 9.79. The zero-order valence-electron chi connectivity index (χ0n) is 34.1. The average Bonchev–Trinajstić information content (AvgIpc) is 3.25. The quantitative estimate of drug-likeness (QED) is 0.0480. The highest BCUT2D eigenvalue weighted by Crippen LogP contribution is 2.28. The van der Waals surface area contributed by atoms with Crippen LogP contribution in [0.4, 0.5) is 34.8 Å². The van der Waals surface area contributed by atoms with Crippen LogP contribution in [0.15, 0.2) is 64.3 Å². The van der Waals surface area contributed by atoms with Crippen molar-refractivity contribution in [2.75, 3.05) is 52.5 Å².